The van der Waals surface area contributed by atoms with Gasteiger partial charge in [0.15, 0.2) is 0 Å². The maximum atomic E-state index is 4.25. The predicted molar refractivity (Wildman–Crippen MR) is 82.6 cm³/mol. The molecule has 2 aromatic rings. The molecule has 2 N–H and O–H groups in total. The summed E-state index contributed by atoms with van der Waals surface area (Å²) in [4.78, 5) is 8.96. The fourth-order valence-electron chi connectivity index (χ4n) is 2.70. The van der Waals surface area contributed by atoms with Gasteiger partial charge in [0.05, 0.1) is 3.79 Å². The Hall–Kier alpha value is -0.650. The minimum absolute atomic E-state index is 0.544. The van der Waals surface area contributed by atoms with Gasteiger partial charge in [-0.3, -0.25) is 0 Å². The van der Waals surface area contributed by atoms with Gasteiger partial charge in [0, 0.05) is 29.7 Å². The molecule has 3 nitrogen and oxygen atoms in total. The van der Waals surface area contributed by atoms with Crippen molar-refractivity contribution in [2.75, 3.05) is 6.54 Å². The van der Waals surface area contributed by atoms with Crippen LogP contribution in [0.4, 0.5) is 0 Å². The van der Waals surface area contributed by atoms with Gasteiger partial charge in [-0.05, 0) is 59.8 Å². The minimum atomic E-state index is 0.544. The number of aryl methyl sites for hydroxylation is 2. The molecule has 19 heavy (non-hydrogen) atoms. The maximum Gasteiger partial charge on any atom is 0.106 e. The van der Waals surface area contributed by atoms with E-state index in [1.165, 1.54) is 28.6 Å². The van der Waals surface area contributed by atoms with Crippen molar-refractivity contribution in [3.8, 4) is 0 Å². The Morgan fingerprint density at radius 2 is 2.47 bits per heavy atom. The fourth-order valence-corrected chi connectivity index (χ4v) is 4.52. The van der Waals surface area contributed by atoms with Crippen molar-refractivity contribution in [2.45, 2.75) is 38.1 Å². The highest BCUT2D eigenvalue weighted by Gasteiger charge is 2.21. The monoisotopic (exact) mass is 339 g/mol. The third-order valence-electron chi connectivity index (χ3n) is 3.62. The van der Waals surface area contributed by atoms with Crippen LogP contribution < -0.4 is 5.32 Å². The average molecular weight is 340 g/mol. The van der Waals surface area contributed by atoms with Crippen LogP contribution in [0.1, 0.15) is 41.6 Å². The van der Waals surface area contributed by atoms with E-state index in [1.807, 2.05) is 23.7 Å². The molecule has 0 bridgehead atoms. The zero-order chi connectivity index (χ0) is 13.1. The summed E-state index contributed by atoms with van der Waals surface area (Å²) in [5.74, 6) is 1.09. The first-order valence-corrected chi connectivity index (χ1v) is 8.43. The summed E-state index contributed by atoms with van der Waals surface area (Å²) in [5, 5.41) is 3.70. The van der Waals surface area contributed by atoms with Crippen molar-refractivity contribution in [2.24, 2.45) is 0 Å². The zero-order valence-electron chi connectivity index (χ0n) is 10.8. The molecular formula is C14H18BrN3S. The molecule has 0 fully saturated rings. The molecule has 102 valence electrons. The molecule has 1 aliphatic rings. The molecule has 0 aromatic carbocycles. The fraction of sp³-hybridized carbons (Fsp3) is 0.500. The van der Waals surface area contributed by atoms with Crippen molar-refractivity contribution in [1.29, 1.82) is 0 Å². The number of aromatic amines is 1. The highest BCUT2D eigenvalue weighted by atomic mass is 79.9. The average Bonchev–Trinajstić information content (AvgIpc) is 3.02. The smallest absolute Gasteiger partial charge is 0.106 e. The van der Waals surface area contributed by atoms with E-state index in [4.69, 9.17) is 0 Å². The lowest BCUT2D eigenvalue weighted by atomic mass is 9.94. The lowest BCUT2D eigenvalue weighted by Gasteiger charge is -2.23. The summed E-state index contributed by atoms with van der Waals surface area (Å²) < 4.78 is 1.27. The summed E-state index contributed by atoms with van der Waals surface area (Å²) in [6.07, 6.45) is 9.67. The van der Waals surface area contributed by atoms with Crippen LogP contribution in [0.2, 0.25) is 0 Å². The zero-order valence-corrected chi connectivity index (χ0v) is 13.2. The van der Waals surface area contributed by atoms with Gasteiger partial charge in [-0.15, -0.1) is 11.3 Å². The molecule has 2 heterocycles. The van der Waals surface area contributed by atoms with Crippen molar-refractivity contribution in [3.63, 3.8) is 0 Å². The van der Waals surface area contributed by atoms with E-state index in [0.29, 0.717) is 6.04 Å². The van der Waals surface area contributed by atoms with E-state index in [0.717, 1.165) is 25.2 Å². The third kappa shape index (κ3) is 3.27. The Kier molecular flexibility index (Phi) is 4.35. The first kappa shape index (κ1) is 13.3. The van der Waals surface area contributed by atoms with Crippen LogP contribution in [-0.4, -0.2) is 16.5 Å². The number of rotatable bonds is 5. The lowest BCUT2D eigenvalue weighted by molar-refractivity contribution is 0.458. The predicted octanol–water partition coefficient (Wildman–Crippen LogP) is 3.83. The molecule has 1 aliphatic carbocycles. The number of nitrogens with zero attached hydrogens (tertiary/aromatic N) is 1. The first-order chi connectivity index (χ1) is 9.33. The van der Waals surface area contributed by atoms with Gasteiger partial charge in [-0.1, -0.05) is 0 Å². The summed E-state index contributed by atoms with van der Waals surface area (Å²) >= 11 is 5.50. The minimum Gasteiger partial charge on any atom is -0.349 e. The number of imidazole rings is 1. The second-order valence-corrected chi connectivity index (χ2v) is 7.48. The van der Waals surface area contributed by atoms with E-state index in [2.05, 4.69) is 37.3 Å². The number of H-pyrrole nitrogens is 1. The number of halogens is 1. The summed E-state index contributed by atoms with van der Waals surface area (Å²) in [5.41, 5.74) is 1.51. The number of hydrogen-bond donors (Lipinski definition) is 2. The van der Waals surface area contributed by atoms with Crippen LogP contribution >= 0.6 is 27.3 Å². The quantitative estimate of drug-likeness (QED) is 0.812. The molecule has 1 unspecified atom stereocenters. The molecule has 0 saturated heterocycles. The van der Waals surface area contributed by atoms with Crippen molar-refractivity contribution in [1.82, 2.24) is 15.3 Å². The van der Waals surface area contributed by atoms with E-state index < -0.39 is 0 Å². The Morgan fingerprint density at radius 3 is 3.32 bits per heavy atom. The molecular weight excluding hydrogens is 322 g/mol. The van der Waals surface area contributed by atoms with Crippen LogP contribution in [0, 0.1) is 0 Å². The first-order valence-electron chi connectivity index (χ1n) is 6.82. The number of fused-ring (bicyclic) bond motifs is 1. The second-order valence-electron chi connectivity index (χ2n) is 4.97. The molecule has 0 radical (unpaired) electrons. The Labute approximate surface area is 126 Å². The normalized spacial score (nSPS) is 18.5. The van der Waals surface area contributed by atoms with Crippen LogP contribution in [-0.2, 0) is 12.8 Å². The van der Waals surface area contributed by atoms with E-state index in [-0.39, 0.29) is 0 Å². The Balaban J connectivity index is 1.50. The van der Waals surface area contributed by atoms with Crippen molar-refractivity contribution < 1.29 is 0 Å². The van der Waals surface area contributed by atoms with Crippen molar-refractivity contribution >= 4 is 27.3 Å². The standard InChI is InChI=1S/C14H18BrN3S/c15-13-9-10-11(3-1-4-12(10)19-13)16-6-2-5-14-17-7-8-18-14/h7-9,11,16H,1-6H2,(H,17,18). The molecule has 2 aromatic heterocycles. The lowest BCUT2D eigenvalue weighted by Crippen LogP contribution is -2.25. The van der Waals surface area contributed by atoms with Gasteiger partial charge in [0.2, 0.25) is 0 Å². The molecule has 0 aliphatic heterocycles. The van der Waals surface area contributed by atoms with Crippen LogP contribution in [0.3, 0.4) is 0 Å². The van der Waals surface area contributed by atoms with Gasteiger partial charge in [0.1, 0.15) is 5.82 Å². The SMILES string of the molecule is Brc1cc2c(s1)CCCC2NCCCc1ncc[nH]1. The van der Waals surface area contributed by atoms with Crippen LogP contribution in [0.5, 0.6) is 0 Å². The van der Waals surface area contributed by atoms with Crippen LogP contribution in [0.15, 0.2) is 22.2 Å². The van der Waals surface area contributed by atoms with Gasteiger partial charge >= 0.3 is 0 Å². The van der Waals surface area contributed by atoms with Crippen molar-refractivity contribution in [3.05, 3.63) is 38.5 Å². The number of nitrogens with one attached hydrogen (secondary N) is 2. The number of thiophene rings is 1. The molecule has 3 rings (SSSR count). The second kappa shape index (κ2) is 6.20. The number of hydrogen-bond acceptors (Lipinski definition) is 3. The highest BCUT2D eigenvalue weighted by molar-refractivity contribution is 9.11. The van der Waals surface area contributed by atoms with Crippen LogP contribution in [0.25, 0.3) is 0 Å². The summed E-state index contributed by atoms with van der Waals surface area (Å²) in [7, 11) is 0. The molecule has 0 amide bonds. The maximum absolute atomic E-state index is 4.25. The molecule has 0 saturated carbocycles. The third-order valence-corrected chi connectivity index (χ3v) is 5.33. The van der Waals surface area contributed by atoms with E-state index in [9.17, 15) is 0 Å². The summed E-state index contributed by atoms with van der Waals surface area (Å²) in [6, 6.07) is 2.84. The molecule has 1 atom stereocenters. The summed E-state index contributed by atoms with van der Waals surface area (Å²) in [6.45, 7) is 1.05. The van der Waals surface area contributed by atoms with E-state index in [1.54, 1.807) is 4.88 Å². The van der Waals surface area contributed by atoms with Gasteiger partial charge in [-0.2, -0.15) is 0 Å². The Bertz CT molecular complexity index is 521. The van der Waals surface area contributed by atoms with E-state index >= 15 is 0 Å². The van der Waals surface area contributed by atoms with Gasteiger partial charge < -0.3 is 10.3 Å². The van der Waals surface area contributed by atoms with Gasteiger partial charge in [0.25, 0.3) is 0 Å². The largest absolute Gasteiger partial charge is 0.349 e. The topological polar surface area (TPSA) is 40.7 Å². The van der Waals surface area contributed by atoms with Gasteiger partial charge in [-0.25, -0.2) is 4.98 Å². The molecule has 5 heteroatoms. The molecule has 0 spiro atoms. The highest BCUT2D eigenvalue weighted by Crippen LogP contribution is 2.37. The Morgan fingerprint density at radius 1 is 1.53 bits per heavy atom. The number of aromatic nitrogens is 2.